The van der Waals surface area contributed by atoms with Crippen LogP contribution >= 0.6 is 0 Å². The summed E-state index contributed by atoms with van der Waals surface area (Å²) in [6.07, 6.45) is 5.93. The van der Waals surface area contributed by atoms with Gasteiger partial charge in [0.05, 0.1) is 11.6 Å². The molecule has 4 nitrogen and oxygen atoms in total. The first kappa shape index (κ1) is 14.5. The zero-order valence-corrected chi connectivity index (χ0v) is 11.3. The quantitative estimate of drug-likeness (QED) is 0.678. The Morgan fingerprint density at radius 2 is 1.94 bits per heavy atom. The molecule has 0 heterocycles. The van der Waals surface area contributed by atoms with Gasteiger partial charge in [0.1, 0.15) is 0 Å². The Bertz CT molecular complexity index is 242. The van der Waals surface area contributed by atoms with E-state index in [4.69, 9.17) is 0 Å². The van der Waals surface area contributed by atoms with Gasteiger partial charge in [-0.3, -0.25) is 4.79 Å². The van der Waals surface area contributed by atoms with E-state index >= 15 is 0 Å². The highest BCUT2D eigenvalue weighted by molar-refractivity contribution is 5.81. The number of carbonyl (C=O) groups is 1. The van der Waals surface area contributed by atoms with Crippen LogP contribution in [0.25, 0.3) is 0 Å². The molecule has 0 spiro atoms. The van der Waals surface area contributed by atoms with E-state index in [1.165, 1.54) is 19.3 Å². The van der Waals surface area contributed by atoms with E-state index in [2.05, 4.69) is 10.6 Å². The van der Waals surface area contributed by atoms with Crippen LogP contribution in [-0.4, -0.2) is 35.2 Å². The summed E-state index contributed by atoms with van der Waals surface area (Å²) in [5.41, 5.74) is -0.778. The lowest BCUT2D eigenvalue weighted by Gasteiger charge is -2.26. The average Bonchev–Trinajstić information content (AvgIpc) is 2.26. The van der Waals surface area contributed by atoms with Crippen LogP contribution < -0.4 is 10.6 Å². The van der Waals surface area contributed by atoms with Gasteiger partial charge in [-0.15, -0.1) is 0 Å². The van der Waals surface area contributed by atoms with Gasteiger partial charge in [-0.2, -0.15) is 0 Å². The highest BCUT2D eigenvalue weighted by Crippen LogP contribution is 2.17. The lowest BCUT2D eigenvalue weighted by molar-refractivity contribution is -0.123. The molecule has 3 N–H and O–H groups in total. The van der Waals surface area contributed by atoms with E-state index in [-0.39, 0.29) is 11.9 Å². The summed E-state index contributed by atoms with van der Waals surface area (Å²) in [5, 5.41) is 15.7. The van der Waals surface area contributed by atoms with E-state index in [9.17, 15) is 9.90 Å². The number of amides is 1. The van der Waals surface area contributed by atoms with Crippen molar-refractivity contribution in [3.63, 3.8) is 0 Å². The molecule has 4 heteroatoms. The Balaban J connectivity index is 2.26. The van der Waals surface area contributed by atoms with E-state index in [0.29, 0.717) is 12.6 Å². The van der Waals surface area contributed by atoms with E-state index < -0.39 is 5.60 Å². The maximum Gasteiger partial charge on any atom is 0.237 e. The number of hydrogen-bond acceptors (Lipinski definition) is 3. The number of carbonyl (C=O) groups excluding carboxylic acids is 1. The molecule has 1 aliphatic rings. The lowest BCUT2D eigenvalue weighted by Crippen LogP contribution is -2.49. The van der Waals surface area contributed by atoms with Crippen molar-refractivity contribution in [3.8, 4) is 0 Å². The second kappa shape index (κ2) is 6.36. The maximum atomic E-state index is 11.9. The van der Waals surface area contributed by atoms with Crippen LogP contribution in [0, 0.1) is 0 Å². The lowest BCUT2D eigenvalue weighted by atomic mass is 9.95. The molecule has 17 heavy (non-hydrogen) atoms. The van der Waals surface area contributed by atoms with Crippen LogP contribution in [0.15, 0.2) is 0 Å². The van der Waals surface area contributed by atoms with Gasteiger partial charge in [0, 0.05) is 12.6 Å². The third-order valence-electron chi connectivity index (χ3n) is 3.19. The summed E-state index contributed by atoms with van der Waals surface area (Å²) in [4.78, 5) is 11.9. The van der Waals surface area contributed by atoms with Crippen LogP contribution in [-0.2, 0) is 4.79 Å². The van der Waals surface area contributed by atoms with Gasteiger partial charge in [-0.1, -0.05) is 19.3 Å². The van der Waals surface area contributed by atoms with Gasteiger partial charge in [0.15, 0.2) is 0 Å². The fraction of sp³-hybridized carbons (Fsp3) is 0.923. The number of hydrogen-bond donors (Lipinski definition) is 3. The summed E-state index contributed by atoms with van der Waals surface area (Å²) in [6.45, 7) is 5.72. The molecule has 0 radical (unpaired) electrons. The molecular weight excluding hydrogens is 216 g/mol. The number of nitrogens with one attached hydrogen (secondary N) is 2. The summed E-state index contributed by atoms with van der Waals surface area (Å²) < 4.78 is 0. The normalized spacial score (nSPS) is 20.0. The predicted molar refractivity (Wildman–Crippen MR) is 68.8 cm³/mol. The summed E-state index contributed by atoms with van der Waals surface area (Å²) >= 11 is 0. The molecule has 0 bridgehead atoms. The molecule has 0 aliphatic heterocycles. The Morgan fingerprint density at radius 3 is 2.47 bits per heavy atom. The molecule has 1 unspecified atom stereocenters. The molecule has 0 aromatic rings. The molecule has 1 atom stereocenters. The minimum absolute atomic E-state index is 0.0427. The fourth-order valence-corrected chi connectivity index (χ4v) is 2.07. The summed E-state index contributed by atoms with van der Waals surface area (Å²) in [6, 6.07) is 0.103. The minimum atomic E-state index is -0.778. The van der Waals surface area contributed by atoms with Gasteiger partial charge in [-0.05, 0) is 33.6 Å². The third kappa shape index (κ3) is 6.03. The second-order valence-electron chi connectivity index (χ2n) is 5.76. The van der Waals surface area contributed by atoms with E-state index in [1.54, 1.807) is 13.8 Å². The monoisotopic (exact) mass is 242 g/mol. The topological polar surface area (TPSA) is 61.4 Å². The molecule has 1 rings (SSSR count). The maximum absolute atomic E-state index is 11.9. The van der Waals surface area contributed by atoms with Crippen LogP contribution in [0.1, 0.15) is 52.9 Å². The van der Waals surface area contributed by atoms with Gasteiger partial charge < -0.3 is 15.7 Å². The number of aliphatic hydroxyl groups is 1. The molecule has 1 amide bonds. The standard InChI is InChI=1S/C13H26N2O2/c1-10(14-9-13(2,3)17)12(16)15-11-7-5-4-6-8-11/h10-11,14,17H,4-9H2,1-3H3,(H,15,16). The van der Waals surface area contributed by atoms with Gasteiger partial charge in [-0.25, -0.2) is 0 Å². The largest absolute Gasteiger partial charge is 0.389 e. The van der Waals surface area contributed by atoms with Crippen LogP contribution in [0.5, 0.6) is 0 Å². The molecule has 0 saturated heterocycles. The summed E-state index contributed by atoms with van der Waals surface area (Å²) in [5.74, 6) is 0.0427. The van der Waals surface area contributed by atoms with Crippen LogP contribution in [0.2, 0.25) is 0 Å². The minimum Gasteiger partial charge on any atom is -0.389 e. The van der Waals surface area contributed by atoms with E-state index in [1.807, 2.05) is 6.92 Å². The van der Waals surface area contributed by atoms with E-state index in [0.717, 1.165) is 12.8 Å². The molecule has 100 valence electrons. The molecule has 0 aromatic carbocycles. The van der Waals surface area contributed by atoms with Gasteiger partial charge in [0.2, 0.25) is 5.91 Å². The first-order valence-electron chi connectivity index (χ1n) is 6.64. The van der Waals surface area contributed by atoms with Crippen molar-refractivity contribution in [2.24, 2.45) is 0 Å². The molecule has 1 aliphatic carbocycles. The fourth-order valence-electron chi connectivity index (χ4n) is 2.07. The zero-order valence-electron chi connectivity index (χ0n) is 11.3. The highest BCUT2D eigenvalue weighted by Gasteiger charge is 2.21. The predicted octanol–water partition coefficient (Wildman–Crippen LogP) is 1.18. The Labute approximate surface area is 104 Å². The third-order valence-corrected chi connectivity index (χ3v) is 3.19. The Kier molecular flexibility index (Phi) is 5.40. The molecule has 1 saturated carbocycles. The first-order valence-corrected chi connectivity index (χ1v) is 6.64. The summed E-state index contributed by atoms with van der Waals surface area (Å²) in [7, 11) is 0. The van der Waals surface area contributed by atoms with Crippen molar-refractivity contribution in [1.29, 1.82) is 0 Å². The molecular formula is C13H26N2O2. The number of rotatable bonds is 5. The molecule has 1 fully saturated rings. The second-order valence-corrected chi connectivity index (χ2v) is 5.76. The van der Waals surface area contributed by atoms with Crippen molar-refractivity contribution in [3.05, 3.63) is 0 Å². The first-order chi connectivity index (χ1) is 7.88. The van der Waals surface area contributed by atoms with Crippen LogP contribution in [0.4, 0.5) is 0 Å². The van der Waals surface area contributed by atoms with Gasteiger partial charge >= 0.3 is 0 Å². The van der Waals surface area contributed by atoms with Crippen LogP contribution in [0.3, 0.4) is 0 Å². The average molecular weight is 242 g/mol. The van der Waals surface area contributed by atoms with Crippen molar-refractivity contribution in [1.82, 2.24) is 10.6 Å². The van der Waals surface area contributed by atoms with Crippen molar-refractivity contribution in [2.75, 3.05) is 6.54 Å². The van der Waals surface area contributed by atoms with Crippen molar-refractivity contribution < 1.29 is 9.90 Å². The SMILES string of the molecule is CC(NCC(C)(C)O)C(=O)NC1CCCCC1. The smallest absolute Gasteiger partial charge is 0.237 e. The Morgan fingerprint density at radius 1 is 1.35 bits per heavy atom. The Hall–Kier alpha value is -0.610. The van der Waals surface area contributed by atoms with Crippen molar-refractivity contribution >= 4 is 5.91 Å². The molecule has 0 aromatic heterocycles. The zero-order chi connectivity index (χ0) is 12.9. The van der Waals surface area contributed by atoms with Gasteiger partial charge in [0.25, 0.3) is 0 Å². The highest BCUT2D eigenvalue weighted by atomic mass is 16.3. The van der Waals surface area contributed by atoms with Crippen molar-refractivity contribution in [2.45, 2.75) is 70.6 Å².